The normalized spacial score (nSPS) is 19.9. The molecule has 1 amide bonds. The van der Waals surface area contributed by atoms with Gasteiger partial charge < -0.3 is 15.5 Å². The highest BCUT2D eigenvalue weighted by Crippen LogP contribution is 2.23. The van der Waals surface area contributed by atoms with Crippen molar-refractivity contribution in [3.63, 3.8) is 0 Å². The van der Waals surface area contributed by atoms with Crippen LogP contribution in [0.5, 0.6) is 0 Å². The number of piperazine rings is 1. The van der Waals surface area contributed by atoms with Crippen LogP contribution in [-0.4, -0.2) is 55.5 Å². The lowest BCUT2D eigenvalue weighted by Crippen LogP contribution is -2.55. The third-order valence-electron chi connectivity index (χ3n) is 5.07. The number of nitrogens with one attached hydrogen (secondary N) is 2. The van der Waals surface area contributed by atoms with Gasteiger partial charge in [0.25, 0.3) is 5.91 Å². The van der Waals surface area contributed by atoms with Gasteiger partial charge in [0.15, 0.2) is 10.3 Å². The van der Waals surface area contributed by atoms with Crippen LogP contribution in [0.4, 0.5) is 11.5 Å². The molecule has 0 bridgehead atoms. The molecule has 28 heavy (non-hydrogen) atoms. The Bertz CT molecular complexity index is 1010. The number of fused-ring (bicyclic) bond motifs is 1. The fourth-order valence-electron chi connectivity index (χ4n) is 3.44. The molecule has 0 aliphatic carbocycles. The first-order chi connectivity index (χ1) is 13.5. The summed E-state index contributed by atoms with van der Waals surface area (Å²) in [6.07, 6.45) is 6.19. The maximum absolute atomic E-state index is 12.8. The molecule has 2 N–H and O–H groups in total. The van der Waals surface area contributed by atoms with Crippen molar-refractivity contribution in [2.45, 2.75) is 32.4 Å². The summed E-state index contributed by atoms with van der Waals surface area (Å²) in [6, 6.07) is 2.71. The summed E-state index contributed by atoms with van der Waals surface area (Å²) in [5.41, 5.74) is 1.56. The maximum atomic E-state index is 12.8. The van der Waals surface area contributed by atoms with E-state index in [1.54, 1.807) is 28.6 Å². The first kappa shape index (κ1) is 18.9. The van der Waals surface area contributed by atoms with Crippen LogP contribution in [0, 0.1) is 0 Å². The number of hydrogen-bond acceptors (Lipinski definition) is 6. The molecule has 9 nitrogen and oxygen atoms in total. The molecule has 2 atom stereocenters. The predicted octanol–water partition coefficient (Wildman–Crippen LogP) is 2.05. The Morgan fingerprint density at radius 3 is 3.00 bits per heavy atom. The van der Waals surface area contributed by atoms with Gasteiger partial charge in [-0.25, -0.2) is 9.50 Å². The molecular formula is C18H23BrN8O. The number of rotatable bonds is 4. The second-order valence-electron chi connectivity index (χ2n) is 7.09. The largest absolute Gasteiger partial charge is 0.351 e. The lowest BCUT2D eigenvalue weighted by Gasteiger charge is -2.39. The van der Waals surface area contributed by atoms with E-state index in [1.807, 2.05) is 12.3 Å². The Balaban J connectivity index is 1.64. The van der Waals surface area contributed by atoms with E-state index in [0.29, 0.717) is 33.6 Å². The van der Waals surface area contributed by atoms with Gasteiger partial charge in [-0.3, -0.25) is 9.48 Å². The molecule has 10 heteroatoms. The van der Waals surface area contributed by atoms with Crippen molar-refractivity contribution in [3.8, 4) is 0 Å². The summed E-state index contributed by atoms with van der Waals surface area (Å²) in [5.74, 6) is 0.588. The van der Waals surface area contributed by atoms with Gasteiger partial charge in [-0.2, -0.15) is 10.2 Å². The van der Waals surface area contributed by atoms with Gasteiger partial charge in [-0.1, -0.05) is 6.92 Å². The molecule has 1 fully saturated rings. The van der Waals surface area contributed by atoms with E-state index in [2.05, 4.69) is 55.5 Å². The lowest BCUT2D eigenvalue weighted by molar-refractivity contribution is 0.102. The van der Waals surface area contributed by atoms with Gasteiger partial charge in [0.1, 0.15) is 11.4 Å². The Labute approximate surface area is 171 Å². The zero-order chi connectivity index (χ0) is 19.8. The predicted molar refractivity (Wildman–Crippen MR) is 111 cm³/mol. The molecular weight excluding hydrogens is 424 g/mol. The number of carbonyl (C=O) groups excluding carboxylic acids is 1. The maximum Gasteiger partial charge on any atom is 0.261 e. The minimum atomic E-state index is -0.270. The van der Waals surface area contributed by atoms with Crippen LogP contribution in [0.1, 0.15) is 30.6 Å². The van der Waals surface area contributed by atoms with E-state index < -0.39 is 0 Å². The summed E-state index contributed by atoms with van der Waals surface area (Å²) in [5, 5.41) is 14.9. The lowest BCUT2D eigenvalue weighted by atomic mass is 10.1. The van der Waals surface area contributed by atoms with Crippen LogP contribution in [0.25, 0.3) is 5.65 Å². The first-order valence-corrected chi connectivity index (χ1v) is 10.1. The molecule has 0 unspecified atom stereocenters. The van der Waals surface area contributed by atoms with Gasteiger partial charge in [0.05, 0.1) is 11.9 Å². The van der Waals surface area contributed by atoms with Crippen molar-refractivity contribution in [1.29, 1.82) is 0 Å². The van der Waals surface area contributed by atoms with Crippen LogP contribution in [0.3, 0.4) is 0 Å². The fourth-order valence-corrected chi connectivity index (χ4v) is 3.89. The second-order valence-corrected chi connectivity index (χ2v) is 7.84. The van der Waals surface area contributed by atoms with E-state index in [4.69, 9.17) is 4.98 Å². The molecule has 1 saturated heterocycles. The van der Waals surface area contributed by atoms with E-state index in [9.17, 15) is 4.79 Å². The van der Waals surface area contributed by atoms with Crippen molar-refractivity contribution in [2.24, 2.45) is 7.05 Å². The number of hydrogen-bond donors (Lipinski definition) is 2. The van der Waals surface area contributed by atoms with Crippen LogP contribution in [0.15, 0.2) is 29.3 Å². The number of anilines is 2. The number of amides is 1. The molecule has 0 radical (unpaired) electrons. The smallest absolute Gasteiger partial charge is 0.261 e. The van der Waals surface area contributed by atoms with Crippen LogP contribution < -0.4 is 15.5 Å². The van der Waals surface area contributed by atoms with E-state index >= 15 is 0 Å². The highest BCUT2D eigenvalue weighted by molar-refractivity contribution is 9.10. The van der Waals surface area contributed by atoms with Crippen molar-refractivity contribution < 1.29 is 4.79 Å². The van der Waals surface area contributed by atoms with Gasteiger partial charge in [0.2, 0.25) is 0 Å². The third kappa shape index (κ3) is 3.49. The summed E-state index contributed by atoms with van der Waals surface area (Å²) in [7, 11) is 1.79. The van der Waals surface area contributed by atoms with Crippen molar-refractivity contribution in [2.75, 3.05) is 23.3 Å². The number of nitrogens with zero attached hydrogens (tertiary/aromatic N) is 6. The monoisotopic (exact) mass is 446 g/mol. The summed E-state index contributed by atoms with van der Waals surface area (Å²) in [4.78, 5) is 19.9. The van der Waals surface area contributed by atoms with Crippen LogP contribution >= 0.6 is 15.9 Å². The molecule has 4 heterocycles. The summed E-state index contributed by atoms with van der Waals surface area (Å²) >= 11 is 3.35. The zero-order valence-corrected chi connectivity index (χ0v) is 17.6. The topological polar surface area (TPSA) is 92.4 Å². The highest BCUT2D eigenvalue weighted by Gasteiger charge is 2.26. The molecule has 148 valence electrons. The Hall–Kier alpha value is -2.46. The first-order valence-electron chi connectivity index (χ1n) is 9.31. The van der Waals surface area contributed by atoms with Gasteiger partial charge >= 0.3 is 0 Å². The molecule has 1 aliphatic heterocycles. The number of aromatic nitrogens is 5. The average Bonchev–Trinajstić information content (AvgIpc) is 3.24. The second kappa shape index (κ2) is 7.51. The highest BCUT2D eigenvalue weighted by atomic mass is 79.9. The third-order valence-corrected chi connectivity index (χ3v) is 5.65. The summed E-state index contributed by atoms with van der Waals surface area (Å²) < 4.78 is 3.83. The van der Waals surface area contributed by atoms with Crippen LogP contribution in [-0.2, 0) is 7.05 Å². The number of halogens is 1. The molecule has 0 saturated carbocycles. The molecule has 4 rings (SSSR count). The average molecular weight is 447 g/mol. The Morgan fingerprint density at radius 1 is 1.46 bits per heavy atom. The minimum Gasteiger partial charge on any atom is -0.351 e. The fraction of sp³-hybridized carbons (Fsp3) is 0.444. The Kier molecular flexibility index (Phi) is 5.07. The van der Waals surface area contributed by atoms with Gasteiger partial charge in [-0.15, -0.1) is 0 Å². The molecule has 0 aromatic carbocycles. The van der Waals surface area contributed by atoms with Crippen molar-refractivity contribution in [3.05, 3.63) is 34.8 Å². The zero-order valence-electron chi connectivity index (χ0n) is 16.1. The van der Waals surface area contributed by atoms with Crippen molar-refractivity contribution in [1.82, 2.24) is 29.7 Å². The summed E-state index contributed by atoms with van der Waals surface area (Å²) in [6.45, 7) is 6.15. The van der Waals surface area contributed by atoms with Crippen LogP contribution in [0.2, 0.25) is 0 Å². The molecule has 3 aromatic rings. The Morgan fingerprint density at radius 2 is 2.29 bits per heavy atom. The molecule has 1 aliphatic rings. The molecule has 0 spiro atoms. The standard InChI is InChI=1S/C18H23BrN8O/c1-4-12-9-26(11(2)7-20-12)15-5-6-27-17(23-15)13(8-21-27)18(28)22-14-10-25(3)24-16(14)19/h5-6,8,10-12,20H,4,7,9H2,1-3H3,(H,22,28)/t11-,12-/m1/s1. The SMILES string of the molecule is CC[C@@H]1CN(c2ccn3ncc(C(=O)Nc4cn(C)nc4Br)c3n2)[C@H](C)CN1. The number of carbonyl (C=O) groups is 1. The van der Waals surface area contributed by atoms with E-state index in [0.717, 1.165) is 25.3 Å². The number of aryl methyl sites for hydroxylation is 1. The van der Waals surface area contributed by atoms with Gasteiger partial charge in [0, 0.05) is 44.6 Å². The van der Waals surface area contributed by atoms with E-state index in [-0.39, 0.29) is 5.91 Å². The minimum absolute atomic E-state index is 0.270. The van der Waals surface area contributed by atoms with Gasteiger partial charge in [-0.05, 0) is 35.3 Å². The molecule has 3 aromatic heterocycles. The quantitative estimate of drug-likeness (QED) is 0.636. The van der Waals surface area contributed by atoms with Crippen molar-refractivity contribution >= 4 is 39.0 Å². The van der Waals surface area contributed by atoms with E-state index in [1.165, 1.54) is 0 Å².